The molecule has 3 atom stereocenters. The lowest BCUT2D eigenvalue weighted by molar-refractivity contribution is -0.168. The maximum Gasteiger partial charge on any atom is 0.330 e. The van der Waals surface area contributed by atoms with Crippen molar-refractivity contribution in [3.8, 4) is 0 Å². The third-order valence-electron chi connectivity index (χ3n) is 9.02. The van der Waals surface area contributed by atoms with Gasteiger partial charge in [0.1, 0.15) is 17.1 Å². The van der Waals surface area contributed by atoms with E-state index in [1.807, 2.05) is 91.9 Å². The predicted octanol–water partition coefficient (Wildman–Crippen LogP) is 5.63. The number of hydrogen-bond donors (Lipinski definition) is 1. The Bertz CT molecular complexity index is 1670. The number of benzene rings is 2. The van der Waals surface area contributed by atoms with Crippen molar-refractivity contribution in [1.29, 1.82) is 0 Å². The molecule has 1 aliphatic carbocycles. The normalized spacial score (nSPS) is 22.9. The quantitative estimate of drug-likeness (QED) is 0.153. The number of H-pyrrole nitrogens is 1. The monoisotopic (exact) mass is 772 g/mol. The first kappa shape index (κ1) is 35.6. The summed E-state index contributed by atoms with van der Waals surface area (Å²) in [6.07, 6.45) is 7.68. The van der Waals surface area contributed by atoms with Crippen LogP contribution in [0, 0.1) is 3.57 Å². The van der Waals surface area contributed by atoms with E-state index in [9.17, 15) is 9.59 Å². The molecule has 0 unspecified atom stereocenters. The number of hydrogen-bond acceptors (Lipinski definition) is 7. The van der Waals surface area contributed by atoms with Gasteiger partial charge in [-0.2, -0.15) is 0 Å². The van der Waals surface area contributed by atoms with E-state index < -0.39 is 54.6 Å². The van der Waals surface area contributed by atoms with E-state index in [1.165, 1.54) is 0 Å². The van der Waals surface area contributed by atoms with Crippen LogP contribution < -0.4 is 11.2 Å². The number of aromatic nitrogens is 2. The van der Waals surface area contributed by atoms with E-state index in [1.54, 1.807) is 25.0 Å². The molecule has 2 aliphatic rings. The van der Waals surface area contributed by atoms with Gasteiger partial charge in [-0.1, -0.05) is 85.9 Å². The van der Waals surface area contributed by atoms with Crippen molar-refractivity contribution >= 4 is 31.4 Å². The average Bonchev–Trinajstić information content (AvgIpc) is 3.42. The number of halogens is 1. The molecule has 1 aliphatic heterocycles. The van der Waals surface area contributed by atoms with Crippen molar-refractivity contribution in [3.05, 3.63) is 126 Å². The average molecular weight is 773 g/mol. The molecule has 3 aromatic rings. The first-order valence-corrected chi connectivity index (χ1v) is 19.9. The summed E-state index contributed by atoms with van der Waals surface area (Å²) in [6.45, 7) is 10.5. The van der Waals surface area contributed by atoms with Crippen LogP contribution in [-0.2, 0) is 34.6 Å². The van der Waals surface area contributed by atoms with Crippen LogP contribution in [-0.4, -0.2) is 62.8 Å². The molecule has 0 radical (unpaired) electrons. The molecule has 2 aromatic carbocycles. The minimum atomic E-state index is -1.80. The standard InChI is InChI=1S/C36H45IN2O7Si/c1-33(2,3)45-29-22-35(47(6)7,39-23-28(37)31(40)38-32(39)41)46-30(29)24-44-36(25-14-10-8-11-15-25,26-16-12-9-13-17-26)27-18-20-34(42-4,43-5)21-19-27/h8-20,23,29-30,47H,21-22,24H2,1-7H3,(H,38,40,41)/t29-,30+,35-/m0/s1. The summed E-state index contributed by atoms with van der Waals surface area (Å²) in [7, 11) is 1.47. The molecule has 1 saturated heterocycles. The molecule has 1 aromatic heterocycles. The molecule has 5 rings (SSSR count). The molecule has 0 bridgehead atoms. The highest BCUT2D eigenvalue weighted by Gasteiger charge is 2.53. The Morgan fingerprint density at radius 3 is 2.09 bits per heavy atom. The van der Waals surface area contributed by atoms with E-state index in [4.69, 9.17) is 23.7 Å². The summed E-state index contributed by atoms with van der Waals surface area (Å²) >= 11 is 1.96. The molecule has 0 spiro atoms. The van der Waals surface area contributed by atoms with Crippen molar-refractivity contribution in [3.63, 3.8) is 0 Å². The van der Waals surface area contributed by atoms with Crippen molar-refractivity contribution in [1.82, 2.24) is 9.55 Å². The topological polar surface area (TPSA) is 101 Å². The zero-order chi connectivity index (χ0) is 34.0. The van der Waals surface area contributed by atoms with Gasteiger partial charge in [0.25, 0.3) is 5.56 Å². The van der Waals surface area contributed by atoms with Crippen molar-refractivity contribution in [2.45, 2.75) is 81.3 Å². The van der Waals surface area contributed by atoms with Crippen LogP contribution in [0.3, 0.4) is 0 Å². The largest absolute Gasteiger partial charge is 0.370 e. The molecule has 0 amide bonds. The van der Waals surface area contributed by atoms with Gasteiger partial charge in [0.05, 0.1) is 30.7 Å². The van der Waals surface area contributed by atoms with Crippen LogP contribution in [0.25, 0.3) is 0 Å². The molecule has 11 heteroatoms. The smallest absolute Gasteiger partial charge is 0.330 e. The number of rotatable bonds is 11. The maximum atomic E-state index is 13.3. The second-order valence-electron chi connectivity index (χ2n) is 13.4. The Kier molecular flexibility index (Phi) is 10.7. The Morgan fingerprint density at radius 2 is 1.60 bits per heavy atom. The van der Waals surface area contributed by atoms with E-state index >= 15 is 0 Å². The second-order valence-corrected chi connectivity index (χ2v) is 17.7. The Balaban J connectivity index is 1.62. The lowest BCUT2D eigenvalue weighted by atomic mass is 9.77. The predicted molar refractivity (Wildman–Crippen MR) is 193 cm³/mol. The third-order valence-corrected chi connectivity index (χ3v) is 12.2. The summed E-state index contributed by atoms with van der Waals surface area (Å²) in [4.78, 5) is 28.1. The first-order valence-electron chi connectivity index (χ1n) is 15.9. The van der Waals surface area contributed by atoms with Gasteiger partial charge < -0.3 is 23.7 Å². The zero-order valence-corrected chi connectivity index (χ0v) is 31.4. The van der Waals surface area contributed by atoms with Crippen molar-refractivity contribution in [2.75, 3.05) is 20.8 Å². The van der Waals surface area contributed by atoms with E-state index in [0.29, 0.717) is 16.4 Å². The highest BCUT2D eigenvalue weighted by atomic mass is 127. The molecular weight excluding hydrogens is 727 g/mol. The van der Waals surface area contributed by atoms with Gasteiger partial charge >= 0.3 is 5.69 Å². The minimum absolute atomic E-state index is 0.160. The van der Waals surface area contributed by atoms with Gasteiger partial charge in [-0.3, -0.25) is 14.3 Å². The van der Waals surface area contributed by atoms with Gasteiger partial charge in [0.2, 0.25) is 0 Å². The molecule has 252 valence electrons. The van der Waals surface area contributed by atoms with Gasteiger partial charge in [0.15, 0.2) is 5.79 Å². The summed E-state index contributed by atoms with van der Waals surface area (Å²) < 4.78 is 34.4. The minimum Gasteiger partial charge on any atom is -0.370 e. The lowest BCUT2D eigenvalue weighted by Gasteiger charge is -2.40. The molecule has 9 nitrogen and oxygen atoms in total. The summed E-state index contributed by atoms with van der Waals surface area (Å²) in [5, 5.41) is -0.951. The number of nitrogens with one attached hydrogen (secondary N) is 1. The van der Waals surface area contributed by atoms with Crippen molar-refractivity contribution in [2.24, 2.45) is 0 Å². The lowest BCUT2D eigenvalue weighted by Crippen LogP contribution is -2.52. The second kappa shape index (κ2) is 14.1. The van der Waals surface area contributed by atoms with Gasteiger partial charge in [0, 0.05) is 33.3 Å². The number of methoxy groups -OCH3 is 2. The molecule has 1 fully saturated rings. The van der Waals surface area contributed by atoms with Gasteiger partial charge in [-0.05, 0) is 66.1 Å². The van der Waals surface area contributed by atoms with Gasteiger partial charge in [-0.15, -0.1) is 0 Å². The van der Waals surface area contributed by atoms with Crippen LogP contribution in [0.5, 0.6) is 0 Å². The Morgan fingerprint density at radius 1 is 1.00 bits per heavy atom. The molecule has 1 N–H and O–H groups in total. The highest BCUT2D eigenvalue weighted by Crippen LogP contribution is 2.46. The maximum absolute atomic E-state index is 13.3. The van der Waals surface area contributed by atoms with Crippen LogP contribution in [0.4, 0.5) is 0 Å². The van der Waals surface area contributed by atoms with E-state index in [2.05, 4.69) is 48.4 Å². The summed E-state index contributed by atoms with van der Waals surface area (Å²) in [5.74, 6) is -0.869. The summed E-state index contributed by atoms with van der Waals surface area (Å²) in [6, 6.07) is 20.3. The van der Waals surface area contributed by atoms with E-state index in [0.717, 1.165) is 16.7 Å². The number of ether oxygens (including phenoxy) is 5. The Hall–Kier alpha value is -2.65. The van der Waals surface area contributed by atoms with Crippen molar-refractivity contribution < 1.29 is 23.7 Å². The fraction of sp³-hybridized carbons (Fsp3) is 0.444. The molecule has 2 heterocycles. The third kappa shape index (κ3) is 7.07. The molecule has 0 saturated carbocycles. The van der Waals surface area contributed by atoms with Crippen LogP contribution in [0.2, 0.25) is 13.1 Å². The fourth-order valence-corrected chi connectivity index (χ4v) is 8.92. The molecular formula is C36H45IN2O7Si. The van der Waals surface area contributed by atoms with Gasteiger partial charge in [-0.25, -0.2) is 4.79 Å². The number of aromatic amines is 1. The fourth-order valence-electron chi connectivity index (χ4n) is 6.61. The molecule has 47 heavy (non-hydrogen) atoms. The highest BCUT2D eigenvalue weighted by molar-refractivity contribution is 14.1. The summed E-state index contributed by atoms with van der Waals surface area (Å²) in [5.41, 5.74) is 0.419. The number of nitrogens with zero attached hydrogens (tertiary/aromatic N) is 1. The van der Waals surface area contributed by atoms with Crippen LogP contribution in [0.1, 0.15) is 44.7 Å². The van der Waals surface area contributed by atoms with Crippen LogP contribution >= 0.6 is 22.6 Å². The SMILES string of the molecule is COC1(OC)C=CC(C(OC[C@H]2O[C@](n3cc(I)c(=O)[nH]c3=O)([SiH](C)C)C[C@@H]2OC(C)(C)C)(c2ccccc2)c2ccccc2)=CC1. The Labute approximate surface area is 291 Å². The first-order chi connectivity index (χ1) is 22.3. The zero-order valence-electron chi connectivity index (χ0n) is 28.1. The van der Waals surface area contributed by atoms with E-state index in [-0.39, 0.29) is 6.61 Å². The van der Waals surface area contributed by atoms with Crippen LogP contribution in [0.15, 0.2) is 100 Å².